The van der Waals surface area contributed by atoms with Crippen molar-refractivity contribution in [2.75, 3.05) is 27.2 Å². The van der Waals surface area contributed by atoms with Gasteiger partial charge in [-0.3, -0.25) is 9.59 Å². The summed E-state index contributed by atoms with van der Waals surface area (Å²) in [5.74, 6) is 0.373. The first kappa shape index (κ1) is 16.0. The Hall–Kier alpha value is -1.10. The number of likely N-dealkylation sites (N-methyl/N-ethyl adjacent to an activating group) is 2. The Morgan fingerprint density at radius 2 is 1.89 bits per heavy atom. The molecule has 0 aliphatic heterocycles. The minimum atomic E-state index is -0.0389. The van der Waals surface area contributed by atoms with E-state index >= 15 is 0 Å². The largest absolute Gasteiger partial charge is 0.347 e. The van der Waals surface area contributed by atoms with Gasteiger partial charge in [0.2, 0.25) is 11.8 Å². The fourth-order valence-electron chi connectivity index (χ4n) is 2.58. The van der Waals surface area contributed by atoms with Crippen LogP contribution in [0.5, 0.6) is 0 Å². The molecule has 2 amide bonds. The van der Waals surface area contributed by atoms with Gasteiger partial charge in [0.15, 0.2) is 0 Å². The van der Waals surface area contributed by atoms with Crippen molar-refractivity contribution in [3.8, 4) is 0 Å². The number of carbonyl (C=O) groups excluding carboxylic acids is 2. The van der Waals surface area contributed by atoms with Gasteiger partial charge in [0.05, 0.1) is 6.54 Å². The molecule has 2 N–H and O–H groups in total. The van der Waals surface area contributed by atoms with Crippen LogP contribution in [0.4, 0.5) is 0 Å². The molecule has 1 aliphatic carbocycles. The minimum Gasteiger partial charge on any atom is -0.347 e. The van der Waals surface area contributed by atoms with Crippen molar-refractivity contribution < 1.29 is 9.59 Å². The standard InChI is InChI=1S/C14H27N3O2/c1-5-17(9-13(18)16(3)4)14(19)12-8-11(15)7-6-10(12)2/h10-12H,5-9,15H2,1-4H3. The first-order valence-corrected chi connectivity index (χ1v) is 7.11. The van der Waals surface area contributed by atoms with Crippen LogP contribution < -0.4 is 5.73 Å². The summed E-state index contributed by atoms with van der Waals surface area (Å²) in [5, 5.41) is 0. The maximum atomic E-state index is 12.5. The third-order valence-corrected chi connectivity index (χ3v) is 4.07. The lowest BCUT2D eigenvalue weighted by atomic mass is 9.77. The van der Waals surface area contributed by atoms with Gasteiger partial charge in [0, 0.05) is 32.6 Å². The first-order chi connectivity index (χ1) is 8.86. The molecule has 1 aliphatic rings. The third-order valence-electron chi connectivity index (χ3n) is 4.07. The minimum absolute atomic E-state index is 0.0290. The lowest BCUT2D eigenvalue weighted by Gasteiger charge is -2.35. The van der Waals surface area contributed by atoms with Crippen LogP contribution in [0.2, 0.25) is 0 Å². The van der Waals surface area contributed by atoms with Crippen molar-refractivity contribution >= 4 is 11.8 Å². The molecule has 0 bridgehead atoms. The Balaban J connectivity index is 2.69. The quantitative estimate of drug-likeness (QED) is 0.816. The molecule has 0 aromatic carbocycles. The number of hydrogen-bond donors (Lipinski definition) is 1. The molecule has 19 heavy (non-hydrogen) atoms. The first-order valence-electron chi connectivity index (χ1n) is 7.11. The molecule has 0 aromatic heterocycles. The van der Waals surface area contributed by atoms with Gasteiger partial charge in [-0.05, 0) is 32.1 Å². The second kappa shape index (κ2) is 6.89. The molecular formula is C14H27N3O2. The van der Waals surface area contributed by atoms with Crippen molar-refractivity contribution in [3.63, 3.8) is 0 Å². The molecule has 1 rings (SSSR count). The lowest BCUT2D eigenvalue weighted by molar-refractivity contribution is -0.143. The van der Waals surface area contributed by atoms with Crippen LogP contribution in [0.15, 0.2) is 0 Å². The Morgan fingerprint density at radius 3 is 2.42 bits per heavy atom. The van der Waals surface area contributed by atoms with E-state index in [1.807, 2.05) is 6.92 Å². The van der Waals surface area contributed by atoms with E-state index in [0.717, 1.165) is 19.3 Å². The highest BCUT2D eigenvalue weighted by Crippen LogP contribution is 2.30. The summed E-state index contributed by atoms with van der Waals surface area (Å²) in [5.41, 5.74) is 5.97. The molecule has 5 nitrogen and oxygen atoms in total. The fraction of sp³-hybridized carbons (Fsp3) is 0.857. The topological polar surface area (TPSA) is 66.6 Å². The highest BCUT2D eigenvalue weighted by molar-refractivity contribution is 5.86. The van der Waals surface area contributed by atoms with E-state index in [4.69, 9.17) is 5.73 Å². The van der Waals surface area contributed by atoms with Crippen molar-refractivity contribution in [3.05, 3.63) is 0 Å². The zero-order valence-electron chi connectivity index (χ0n) is 12.6. The van der Waals surface area contributed by atoms with E-state index in [2.05, 4.69) is 6.92 Å². The summed E-state index contributed by atoms with van der Waals surface area (Å²) in [6.45, 7) is 4.75. The molecule has 1 saturated carbocycles. The second-order valence-corrected chi connectivity index (χ2v) is 5.80. The number of nitrogens with zero attached hydrogens (tertiary/aromatic N) is 2. The lowest BCUT2D eigenvalue weighted by Crippen LogP contribution is -2.47. The van der Waals surface area contributed by atoms with Crippen molar-refractivity contribution in [2.24, 2.45) is 17.6 Å². The van der Waals surface area contributed by atoms with Gasteiger partial charge in [0.1, 0.15) is 0 Å². The van der Waals surface area contributed by atoms with Crippen LogP contribution >= 0.6 is 0 Å². The Morgan fingerprint density at radius 1 is 1.26 bits per heavy atom. The number of rotatable bonds is 4. The third kappa shape index (κ3) is 4.20. The predicted molar refractivity (Wildman–Crippen MR) is 75.4 cm³/mol. The average molecular weight is 269 g/mol. The van der Waals surface area contributed by atoms with Crippen molar-refractivity contribution in [1.29, 1.82) is 0 Å². The van der Waals surface area contributed by atoms with Gasteiger partial charge in [-0.2, -0.15) is 0 Å². The summed E-state index contributed by atoms with van der Waals surface area (Å²) < 4.78 is 0. The number of carbonyl (C=O) groups is 2. The summed E-state index contributed by atoms with van der Waals surface area (Å²) in [6, 6.07) is 0.119. The van der Waals surface area contributed by atoms with E-state index in [9.17, 15) is 9.59 Å². The Kier molecular flexibility index (Phi) is 5.79. The molecule has 3 atom stereocenters. The van der Waals surface area contributed by atoms with Crippen LogP contribution in [0.25, 0.3) is 0 Å². The number of amides is 2. The van der Waals surface area contributed by atoms with E-state index in [1.54, 1.807) is 19.0 Å². The zero-order chi connectivity index (χ0) is 14.6. The SMILES string of the molecule is CCN(CC(=O)N(C)C)C(=O)C1CC(N)CCC1C. The van der Waals surface area contributed by atoms with Gasteiger partial charge >= 0.3 is 0 Å². The maximum absolute atomic E-state index is 12.5. The average Bonchev–Trinajstić information content (AvgIpc) is 2.37. The van der Waals surface area contributed by atoms with Gasteiger partial charge in [0.25, 0.3) is 0 Å². The van der Waals surface area contributed by atoms with Crippen molar-refractivity contribution in [1.82, 2.24) is 9.80 Å². The van der Waals surface area contributed by atoms with Crippen LogP contribution in [-0.4, -0.2) is 54.8 Å². The van der Waals surface area contributed by atoms with Crippen LogP contribution in [0.1, 0.15) is 33.1 Å². The molecule has 3 unspecified atom stereocenters. The monoisotopic (exact) mass is 269 g/mol. The summed E-state index contributed by atoms with van der Waals surface area (Å²) in [7, 11) is 3.42. The Labute approximate surface area is 116 Å². The summed E-state index contributed by atoms with van der Waals surface area (Å²) in [4.78, 5) is 27.5. The molecular weight excluding hydrogens is 242 g/mol. The molecule has 0 saturated heterocycles. The number of hydrogen-bond acceptors (Lipinski definition) is 3. The van der Waals surface area contributed by atoms with Gasteiger partial charge < -0.3 is 15.5 Å². The van der Waals surface area contributed by atoms with E-state index < -0.39 is 0 Å². The summed E-state index contributed by atoms with van der Waals surface area (Å²) >= 11 is 0. The molecule has 5 heteroatoms. The predicted octanol–water partition coefficient (Wildman–Crippen LogP) is 0.687. The zero-order valence-corrected chi connectivity index (χ0v) is 12.6. The highest BCUT2D eigenvalue weighted by Gasteiger charge is 2.34. The van der Waals surface area contributed by atoms with Crippen LogP contribution in [-0.2, 0) is 9.59 Å². The smallest absolute Gasteiger partial charge is 0.241 e. The van der Waals surface area contributed by atoms with Crippen LogP contribution in [0, 0.1) is 11.8 Å². The van der Waals surface area contributed by atoms with Gasteiger partial charge in [-0.15, -0.1) is 0 Å². The second-order valence-electron chi connectivity index (χ2n) is 5.80. The van der Waals surface area contributed by atoms with Gasteiger partial charge in [-0.25, -0.2) is 0 Å². The molecule has 1 fully saturated rings. The summed E-state index contributed by atoms with van der Waals surface area (Å²) in [6.07, 6.45) is 2.73. The van der Waals surface area contributed by atoms with E-state index in [1.165, 1.54) is 4.90 Å². The molecule has 0 radical (unpaired) electrons. The molecule has 0 aromatic rings. The molecule has 0 heterocycles. The van der Waals surface area contributed by atoms with Gasteiger partial charge in [-0.1, -0.05) is 6.92 Å². The van der Waals surface area contributed by atoms with E-state index in [-0.39, 0.29) is 30.3 Å². The van der Waals surface area contributed by atoms with E-state index in [0.29, 0.717) is 12.5 Å². The van der Waals surface area contributed by atoms with Crippen molar-refractivity contribution in [2.45, 2.75) is 39.2 Å². The maximum Gasteiger partial charge on any atom is 0.241 e. The molecule has 110 valence electrons. The van der Waals surface area contributed by atoms with Crippen LogP contribution in [0.3, 0.4) is 0 Å². The number of nitrogens with two attached hydrogens (primary N) is 1. The normalized spacial score (nSPS) is 26.9. The Bertz CT molecular complexity index is 331. The molecule has 0 spiro atoms. The highest BCUT2D eigenvalue weighted by atomic mass is 16.2. The fourth-order valence-corrected chi connectivity index (χ4v) is 2.58.